The molecule has 0 aromatic carbocycles. The second-order valence-corrected chi connectivity index (χ2v) is 3.39. The van der Waals surface area contributed by atoms with Crippen LogP contribution in [0.4, 0.5) is 13.2 Å². The fourth-order valence-electron chi connectivity index (χ4n) is 1.30. The van der Waals surface area contributed by atoms with E-state index >= 15 is 0 Å². The fraction of sp³-hybridized carbons (Fsp3) is 0.444. The van der Waals surface area contributed by atoms with Gasteiger partial charge in [-0.3, -0.25) is 4.79 Å². The van der Waals surface area contributed by atoms with Crippen LogP contribution < -0.4 is 5.43 Å². The Labute approximate surface area is 88.6 Å². The molecule has 2 N–H and O–H groups in total. The molecule has 0 aliphatic carbocycles. The first-order valence-electron chi connectivity index (χ1n) is 4.30. The molecule has 90 valence electrons. The first-order valence-corrected chi connectivity index (χ1v) is 4.30. The molecule has 0 fully saturated rings. The van der Waals surface area contributed by atoms with Crippen molar-refractivity contribution in [2.24, 2.45) is 7.05 Å². The highest BCUT2D eigenvalue weighted by Crippen LogP contribution is 2.35. The van der Waals surface area contributed by atoms with Gasteiger partial charge < -0.3 is 14.8 Å². The van der Waals surface area contributed by atoms with E-state index in [9.17, 15) is 23.1 Å². The number of halogens is 3. The molecule has 1 heterocycles. The van der Waals surface area contributed by atoms with Crippen LogP contribution >= 0.6 is 0 Å². The van der Waals surface area contributed by atoms with E-state index in [4.69, 9.17) is 5.11 Å². The van der Waals surface area contributed by atoms with Crippen LogP contribution in [0, 0.1) is 6.92 Å². The first kappa shape index (κ1) is 12.6. The lowest BCUT2D eigenvalue weighted by Crippen LogP contribution is -2.26. The van der Waals surface area contributed by atoms with E-state index < -0.39 is 29.2 Å². The summed E-state index contributed by atoms with van der Waals surface area (Å²) in [4.78, 5) is 11.1. The van der Waals surface area contributed by atoms with Crippen LogP contribution in [-0.2, 0) is 7.05 Å². The lowest BCUT2D eigenvalue weighted by Gasteiger charge is -2.20. The molecule has 1 rings (SSSR count). The zero-order chi connectivity index (χ0) is 12.7. The topological polar surface area (TPSA) is 62.5 Å². The second kappa shape index (κ2) is 3.82. The molecule has 4 nitrogen and oxygen atoms in total. The van der Waals surface area contributed by atoms with Gasteiger partial charge in [0.25, 0.3) is 0 Å². The molecular weight excluding hydrogens is 227 g/mol. The molecule has 0 radical (unpaired) electrons. The summed E-state index contributed by atoms with van der Waals surface area (Å²) in [5.41, 5.74) is -1.59. The number of hydrogen-bond donors (Lipinski definition) is 2. The highest BCUT2D eigenvalue weighted by atomic mass is 19.4. The van der Waals surface area contributed by atoms with Crippen LogP contribution in [-0.4, -0.2) is 21.0 Å². The predicted octanol–water partition coefficient (Wildman–Crippen LogP) is 0.995. The van der Waals surface area contributed by atoms with Gasteiger partial charge in [0.1, 0.15) is 5.69 Å². The van der Waals surface area contributed by atoms with Crippen LogP contribution in [0.3, 0.4) is 0 Å². The highest BCUT2D eigenvalue weighted by molar-refractivity contribution is 5.31. The molecule has 7 heteroatoms. The molecule has 0 saturated carbocycles. The third kappa shape index (κ3) is 2.04. The van der Waals surface area contributed by atoms with Crippen molar-refractivity contribution in [2.45, 2.75) is 19.2 Å². The Hall–Kier alpha value is -1.50. The summed E-state index contributed by atoms with van der Waals surface area (Å²) in [6.45, 7) is 1.40. The molecule has 1 unspecified atom stereocenters. The Bertz CT molecular complexity index is 464. The Balaban J connectivity index is 3.50. The summed E-state index contributed by atoms with van der Waals surface area (Å²) in [5, 5.41) is 18.3. The normalized spacial score (nSPS) is 13.9. The number of hydrogen-bond acceptors (Lipinski definition) is 3. The zero-order valence-corrected chi connectivity index (χ0v) is 8.54. The molecule has 0 aliphatic heterocycles. The van der Waals surface area contributed by atoms with Crippen molar-refractivity contribution in [1.29, 1.82) is 0 Å². The largest absolute Gasteiger partial charge is 0.503 e. The molecule has 1 aromatic heterocycles. The van der Waals surface area contributed by atoms with Crippen molar-refractivity contribution in [2.75, 3.05) is 0 Å². The van der Waals surface area contributed by atoms with E-state index in [0.717, 1.165) is 10.6 Å². The molecule has 0 aliphatic rings. The predicted molar refractivity (Wildman–Crippen MR) is 49.1 cm³/mol. The number of pyridine rings is 1. The molecule has 1 atom stereocenters. The average Bonchev–Trinajstić information content (AvgIpc) is 2.13. The molecule has 0 saturated heterocycles. The Morgan fingerprint density at radius 3 is 2.38 bits per heavy atom. The van der Waals surface area contributed by atoms with Crippen LogP contribution in [0.15, 0.2) is 10.9 Å². The minimum atomic E-state index is -4.94. The van der Waals surface area contributed by atoms with Gasteiger partial charge in [0.15, 0.2) is 11.9 Å². The maximum atomic E-state index is 12.3. The number of aliphatic hydroxyl groups is 1. The summed E-state index contributed by atoms with van der Waals surface area (Å²) in [6.07, 6.45) is -7.82. The van der Waals surface area contributed by atoms with Crippen molar-refractivity contribution in [3.63, 3.8) is 0 Å². The number of alkyl halides is 3. The lowest BCUT2D eigenvalue weighted by atomic mass is 10.1. The van der Waals surface area contributed by atoms with Gasteiger partial charge in [-0.15, -0.1) is 0 Å². The van der Waals surface area contributed by atoms with E-state index in [1.54, 1.807) is 0 Å². The van der Waals surface area contributed by atoms with Gasteiger partial charge in [0, 0.05) is 18.8 Å². The van der Waals surface area contributed by atoms with Crippen molar-refractivity contribution in [3.8, 4) is 5.75 Å². The van der Waals surface area contributed by atoms with Gasteiger partial charge >= 0.3 is 6.18 Å². The van der Waals surface area contributed by atoms with Gasteiger partial charge in [-0.25, -0.2) is 0 Å². The molecule has 16 heavy (non-hydrogen) atoms. The minimum Gasteiger partial charge on any atom is -0.503 e. The van der Waals surface area contributed by atoms with E-state index in [1.165, 1.54) is 14.0 Å². The highest BCUT2D eigenvalue weighted by Gasteiger charge is 2.42. The molecule has 0 amide bonds. The zero-order valence-electron chi connectivity index (χ0n) is 8.54. The van der Waals surface area contributed by atoms with Crippen LogP contribution in [0.25, 0.3) is 0 Å². The van der Waals surface area contributed by atoms with E-state index in [0.29, 0.717) is 0 Å². The number of aromatic hydroxyl groups is 1. The van der Waals surface area contributed by atoms with Gasteiger partial charge in [-0.2, -0.15) is 13.2 Å². The molecule has 1 aromatic rings. The molecule has 0 spiro atoms. The second-order valence-electron chi connectivity index (χ2n) is 3.39. The Morgan fingerprint density at radius 1 is 1.44 bits per heavy atom. The van der Waals surface area contributed by atoms with Gasteiger partial charge in [-0.1, -0.05) is 0 Å². The summed E-state index contributed by atoms with van der Waals surface area (Å²) in [5.74, 6) is -1.09. The Kier molecular flexibility index (Phi) is 3.00. The quantitative estimate of drug-likeness (QED) is 0.765. The summed E-state index contributed by atoms with van der Waals surface area (Å²) < 4.78 is 37.8. The summed E-state index contributed by atoms with van der Waals surface area (Å²) in [6, 6.07) is 0.988. The summed E-state index contributed by atoms with van der Waals surface area (Å²) >= 11 is 0. The number of aromatic nitrogens is 1. The maximum Gasteiger partial charge on any atom is 0.420 e. The van der Waals surface area contributed by atoms with E-state index in [2.05, 4.69) is 0 Å². The van der Waals surface area contributed by atoms with E-state index in [1.807, 2.05) is 0 Å². The summed E-state index contributed by atoms with van der Waals surface area (Å²) in [7, 11) is 1.22. The first-order chi connectivity index (χ1) is 7.16. The van der Waals surface area contributed by atoms with Crippen LogP contribution in [0.5, 0.6) is 5.75 Å². The number of rotatable bonds is 1. The van der Waals surface area contributed by atoms with Crippen LogP contribution in [0.1, 0.15) is 17.5 Å². The standard InChI is InChI=1S/C9H10F3NO3/c1-4-3-5(14)7(15)6(13(4)2)8(16)9(10,11)12/h3,8,15-16H,1-2H3. The van der Waals surface area contributed by atoms with Gasteiger partial charge in [-0.05, 0) is 6.92 Å². The SMILES string of the molecule is Cc1cc(=O)c(O)c(C(O)C(F)(F)F)n1C. The number of aryl methyl sites for hydroxylation is 1. The van der Waals surface area contributed by atoms with Crippen molar-refractivity contribution >= 4 is 0 Å². The molecular formula is C9H10F3NO3. The van der Waals surface area contributed by atoms with E-state index in [-0.39, 0.29) is 5.69 Å². The van der Waals surface area contributed by atoms with Gasteiger partial charge in [0.05, 0.1) is 0 Å². The number of nitrogens with zero attached hydrogens (tertiary/aromatic N) is 1. The molecule has 0 bridgehead atoms. The van der Waals surface area contributed by atoms with Crippen molar-refractivity contribution < 1.29 is 23.4 Å². The van der Waals surface area contributed by atoms with Gasteiger partial charge in [0.2, 0.25) is 5.43 Å². The smallest absolute Gasteiger partial charge is 0.420 e. The fourth-order valence-corrected chi connectivity index (χ4v) is 1.30. The third-order valence-electron chi connectivity index (χ3n) is 2.28. The minimum absolute atomic E-state index is 0.209. The average molecular weight is 237 g/mol. The third-order valence-corrected chi connectivity index (χ3v) is 2.28. The Morgan fingerprint density at radius 2 is 1.94 bits per heavy atom. The van der Waals surface area contributed by atoms with Crippen molar-refractivity contribution in [3.05, 3.63) is 27.7 Å². The maximum absolute atomic E-state index is 12.3. The van der Waals surface area contributed by atoms with Crippen molar-refractivity contribution in [1.82, 2.24) is 4.57 Å². The number of aliphatic hydroxyl groups excluding tert-OH is 1. The lowest BCUT2D eigenvalue weighted by molar-refractivity contribution is -0.209. The monoisotopic (exact) mass is 237 g/mol. The van der Waals surface area contributed by atoms with Crippen LogP contribution in [0.2, 0.25) is 0 Å².